The quantitative estimate of drug-likeness (QED) is 0.785. The van der Waals surface area contributed by atoms with Crippen molar-refractivity contribution in [1.82, 2.24) is 0 Å². The molecule has 0 atom stereocenters. The van der Waals surface area contributed by atoms with Gasteiger partial charge in [0.1, 0.15) is 0 Å². The maximum atomic E-state index is 3.53. The second-order valence-electron chi connectivity index (χ2n) is 5.13. The Kier molecular flexibility index (Phi) is 4.53. The molecule has 0 radical (unpaired) electrons. The number of piperidine rings is 1. The fourth-order valence-electron chi connectivity index (χ4n) is 2.54. The number of rotatable bonds is 4. The number of nitrogens with zero attached hydrogens (tertiary/aromatic N) is 1. The van der Waals surface area contributed by atoms with Crippen molar-refractivity contribution in [1.29, 1.82) is 0 Å². The van der Waals surface area contributed by atoms with E-state index in [0.29, 0.717) is 0 Å². The number of anilines is 2. The number of thiophene rings is 1. The van der Waals surface area contributed by atoms with Crippen molar-refractivity contribution in [2.75, 3.05) is 22.7 Å². The third-order valence-corrected chi connectivity index (χ3v) is 5.53. The predicted molar refractivity (Wildman–Crippen MR) is 91.0 cm³/mol. The average molecular weight is 304 g/mol. The Bertz CT molecular complexity index is 559. The van der Waals surface area contributed by atoms with E-state index in [9.17, 15) is 0 Å². The summed E-state index contributed by atoms with van der Waals surface area (Å²) in [4.78, 5) is 3.87. The van der Waals surface area contributed by atoms with Crippen LogP contribution in [0.15, 0.2) is 40.6 Å². The average Bonchev–Trinajstić information content (AvgIpc) is 2.92. The Morgan fingerprint density at radius 1 is 1.05 bits per heavy atom. The van der Waals surface area contributed by atoms with Gasteiger partial charge in [0.2, 0.25) is 0 Å². The van der Waals surface area contributed by atoms with Gasteiger partial charge in [-0.2, -0.15) is 0 Å². The maximum Gasteiger partial charge on any atom is 0.0810 e. The molecule has 106 valence electrons. The molecule has 0 spiro atoms. The van der Waals surface area contributed by atoms with Gasteiger partial charge >= 0.3 is 0 Å². The lowest BCUT2D eigenvalue weighted by atomic mass is 10.1. The van der Waals surface area contributed by atoms with E-state index in [4.69, 9.17) is 0 Å². The molecule has 0 aliphatic carbocycles. The molecule has 0 bridgehead atoms. The standard InChI is InChI=1S/C16H20N2S2/c1-13-9-10-16(19-13)20-17-14-7-3-4-8-15(14)18-11-5-2-6-12-18/h3-4,7-10,17H,2,5-6,11-12H2,1H3. The normalized spacial score (nSPS) is 15.3. The van der Waals surface area contributed by atoms with Gasteiger partial charge in [-0.05, 0) is 62.4 Å². The lowest BCUT2D eigenvalue weighted by Gasteiger charge is -2.30. The molecule has 2 aromatic rings. The number of benzene rings is 1. The van der Waals surface area contributed by atoms with Crippen molar-refractivity contribution in [3.63, 3.8) is 0 Å². The topological polar surface area (TPSA) is 15.3 Å². The minimum absolute atomic E-state index is 1.18. The molecule has 0 amide bonds. The van der Waals surface area contributed by atoms with E-state index >= 15 is 0 Å². The molecule has 2 nitrogen and oxygen atoms in total. The zero-order chi connectivity index (χ0) is 13.8. The summed E-state index contributed by atoms with van der Waals surface area (Å²) < 4.78 is 4.84. The third kappa shape index (κ3) is 3.30. The Morgan fingerprint density at radius 2 is 1.85 bits per heavy atom. The molecule has 4 heteroatoms. The first-order valence-corrected chi connectivity index (χ1v) is 8.79. The minimum atomic E-state index is 1.18. The smallest absolute Gasteiger partial charge is 0.0810 e. The highest BCUT2D eigenvalue weighted by atomic mass is 32.2. The van der Waals surface area contributed by atoms with Gasteiger partial charge in [-0.25, -0.2) is 0 Å². The maximum absolute atomic E-state index is 3.53. The fraction of sp³-hybridized carbons (Fsp3) is 0.375. The second kappa shape index (κ2) is 6.55. The van der Waals surface area contributed by atoms with E-state index < -0.39 is 0 Å². The number of hydrogen-bond donors (Lipinski definition) is 1. The van der Waals surface area contributed by atoms with Gasteiger partial charge in [0.15, 0.2) is 0 Å². The lowest BCUT2D eigenvalue weighted by molar-refractivity contribution is 0.578. The largest absolute Gasteiger partial charge is 0.370 e. The van der Waals surface area contributed by atoms with Crippen LogP contribution >= 0.6 is 23.3 Å². The summed E-state index contributed by atoms with van der Waals surface area (Å²) in [5.74, 6) is 0. The monoisotopic (exact) mass is 304 g/mol. The van der Waals surface area contributed by atoms with Crippen LogP contribution in [0.4, 0.5) is 11.4 Å². The molecule has 1 aromatic carbocycles. The van der Waals surface area contributed by atoms with Crippen LogP contribution < -0.4 is 9.62 Å². The number of para-hydroxylation sites is 2. The van der Waals surface area contributed by atoms with Crippen LogP contribution in [-0.2, 0) is 0 Å². The molecular weight excluding hydrogens is 284 g/mol. The van der Waals surface area contributed by atoms with Gasteiger partial charge in [-0.1, -0.05) is 12.1 Å². The first kappa shape index (κ1) is 13.8. The van der Waals surface area contributed by atoms with E-state index in [1.165, 1.54) is 52.8 Å². The zero-order valence-corrected chi connectivity index (χ0v) is 13.4. The van der Waals surface area contributed by atoms with Crippen LogP contribution in [0, 0.1) is 6.92 Å². The van der Waals surface area contributed by atoms with E-state index in [1.54, 1.807) is 11.9 Å². The number of hydrogen-bond acceptors (Lipinski definition) is 4. The number of aryl methyl sites for hydroxylation is 1. The van der Waals surface area contributed by atoms with Crippen molar-refractivity contribution in [2.45, 2.75) is 30.4 Å². The summed E-state index contributed by atoms with van der Waals surface area (Å²) >= 11 is 3.55. The summed E-state index contributed by atoms with van der Waals surface area (Å²) in [6, 6.07) is 13.0. The van der Waals surface area contributed by atoms with E-state index in [-0.39, 0.29) is 0 Å². The molecule has 1 aromatic heterocycles. The Morgan fingerprint density at radius 3 is 2.60 bits per heavy atom. The minimum Gasteiger partial charge on any atom is -0.370 e. The second-order valence-corrected chi connectivity index (χ2v) is 7.53. The molecule has 1 saturated heterocycles. The van der Waals surface area contributed by atoms with Crippen molar-refractivity contribution < 1.29 is 0 Å². The highest BCUT2D eigenvalue weighted by Gasteiger charge is 2.14. The molecule has 3 rings (SSSR count). The van der Waals surface area contributed by atoms with Crippen LogP contribution in [0.1, 0.15) is 24.1 Å². The van der Waals surface area contributed by atoms with Crippen LogP contribution in [0.25, 0.3) is 0 Å². The highest BCUT2D eigenvalue weighted by molar-refractivity contribution is 8.02. The summed E-state index contributed by atoms with van der Waals surface area (Å²) in [6.45, 7) is 4.51. The van der Waals surface area contributed by atoms with Gasteiger partial charge in [-0.15, -0.1) is 11.3 Å². The van der Waals surface area contributed by atoms with Gasteiger partial charge in [0.25, 0.3) is 0 Å². The zero-order valence-electron chi connectivity index (χ0n) is 11.8. The van der Waals surface area contributed by atoms with E-state index in [2.05, 4.69) is 52.9 Å². The first-order valence-electron chi connectivity index (χ1n) is 7.16. The summed E-state index contributed by atoms with van der Waals surface area (Å²) in [7, 11) is 0. The van der Waals surface area contributed by atoms with Gasteiger partial charge in [-0.3, -0.25) is 0 Å². The number of nitrogens with one attached hydrogen (secondary N) is 1. The summed E-state index contributed by atoms with van der Waals surface area (Å²) in [5, 5.41) is 0. The van der Waals surface area contributed by atoms with Crippen LogP contribution in [0.5, 0.6) is 0 Å². The predicted octanol–water partition coefficient (Wildman–Crippen LogP) is 5.17. The summed E-state index contributed by atoms with van der Waals surface area (Å²) in [6.07, 6.45) is 3.99. The lowest BCUT2D eigenvalue weighted by Crippen LogP contribution is -2.29. The molecule has 0 unspecified atom stereocenters. The van der Waals surface area contributed by atoms with E-state index in [1.807, 2.05) is 11.3 Å². The van der Waals surface area contributed by atoms with Gasteiger partial charge in [0.05, 0.1) is 15.6 Å². The third-order valence-electron chi connectivity index (χ3n) is 3.58. The van der Waals surface area contributed by atoms with Gasteiger partial charge < -0.3 is 9.62 Å². The van der Waals surface area contributed by atoms with Crippen LogP contribution in [-0.4, -0.2) is 13.1 Å². The van der Waals surface area contributed by atoms with Crippen LogP contribution in [0.3, 0.4) is 0 Å². The molecule has 1 fully saturated rings. The molecule has 2 heterocycles. The molecule has 20 heavy (non-hydrogen) atoms. The molecule has 0 saturated carbocycles. The Labute approximate surface area is 129 Å². The fourth-order valence-corrected chi connectivity index (χ4v) is 4.34. The van der Waals surface area contributed by atoms with Crippen molar-refractivity contribution >= 4 is 34.7 Å². The molecule has 1 N–H and O–H groups in total. The van der Waals surface area contributed by atoms with E-state index in [0.717, 1.165) is 0 Å². The Balaban J connectivity index is 1.72. The summed E-state index contributed by atoms with van der Waals surface area (Å²) in [5.41, 5.74) is 2.57. The molecule has 1 aliphatic heterocycles. The van der Waals surface area contributed by atoms with Crippen molar-refractivity contribution in [2.24, 2.45) is 0 Å². The first-order chi connectivity index (χ1) is 9.83. The molecule has 1 aliphatic rings. The SMILES string of the molecule is Cc1ccc(SNc2ccccc2N2CCCCC2)s1. The molecular formula is C16H20N2S2. The van der Waals surface area contributed by atoms with Crippen LogP contribution in [0.2, 0.25) is 0 Å². The Hall–Kier alpha value is -1.13. The van der Waals surface area contributed by atoms with Gasteiger partial charge in [0, 0.05) is 18.0 Å². The van der Waals surface area contributed by atoms with Crippen molar-refractivity contribution in [3.05, 3.63) is 41.3 Å². The highest BCUT2D eigenvalue weighted by Crippen LogP contribution is 2.33. The van der Waals surface area contributed by atoms with Crippen molar-refractivity contribution in [3.8, 4) is 0 Å².